The molecule has 3 aromatic rings. The fourth-order valence-electron chi connectivity index (χ4n) is 3.38. The molecule has 31 heavy (non-hydrogen) atoms. The largest absolute Gasteiger partial charge is 0.496 e. The number of Topliss-reactive ketones (excluding diaryl/α,β-unsaturated/α-hetero) is 2. The number of carbonyl (C=O) groups excluding carboxylic acids is 2. The Morgan fingerprint density at radius 3 is 2.61 bits per heavy atom. The van der Waals surface area contributed by atoms with E-state index in [1.807, 2.05) is 31.2 Å². The highest BCUT2D eigenvalue weighted by atomic mass is 79.9. The maximum Gasteiger partial charge on any atom is 0.232 e. The average Bonchev–Trinajstić information content (AvgIpc) is 3.08. The van der Waals surface area contributed by atoms with Gasteiger partial charge in [0.15, 0.2) is 18.1 Å². The fourth-order valence-corrected chi connectivity index (χ4v) is 3.76. The van der Waals surface area contributed by atoms with Crippen LogP contribution >= 0.6 is 15.9 Å². The molecular formula is C25H19BrO5. The monoisotopic (exact) mass is 478 g/mol. The Hall–Kier alpha value is -3.38. The maximum atomic E-state index is 12.9. The molecule has 1 aliphatic heterocycles. The van der Waals surface area contributed by atoms with Crippen LogP contribution in [-0.2, 0) is 0 Å². The smallest absolute Gasteiger partial charge is 0.232 e. The van der Waals surface area contributed by atoms with E-state index in [0.29, 0.717) is 33.9 Å². The Morgan fingerprint density at radius 1 is 1.10 bits per heavy atom. The summed E-state index contributed by atoms with van der Waals surface area (Å²) < 4.78 is 17.8. The molecule has 0 saturated carbocycles. The predicted octanol–water partition coefficient (Wildman–Crippen LogP) is 5.64. The van der Waals surface area contributed by atoms with Gasteiger partial charge >= 0.3 is 0 Å². The molecule has 1 heterocycles. The second-order valence-electron chi connectivity index (χ2n) is 7.02. The number of ether oxygens (including phenoxy) is 3. The lowest BCUT2D eigenvalue weighted by atomic mass is 10.0. The van der Waals surface area contributed by atoms with Crippen molar-refractivity contribution >= 4 is 33.6 Å². The van der Waals surface area contributed by atoms with Gasteiger partial charge in [0, 0.05) is 21.7 Å². The molecule has 5 nitrogen and oxygen atoms in total. The van der Waals surface area contributed by atoms with E-state index >= 15 is 0 Å². The minimum absolute atomic E-state index is 0.103. The number of aryl methyl sites for hydroxylation is 1. The first-order chi connectivity index (χ1) is 15.0. The summed E-state index contributed by atoms with van der Waals surface area (Å²) in [6.45, 7) is 1.71. The fraction of sp³-hybridized carbons (Fsp3) is 0.120. The van der Waals surface area contributed by atoms with E-state index in [1.165, 1.54) is 0 Å². The highest BCUT2D eigenvalue weighted by Crippen LogP contribution is 2.38. The number of fused-ring (bicyclic) bond motifs is 1. The van der Waals surface area contributed by atoms with Crippen LogP contribution in [0.15, 0.2) is 70.9 Å². The van der Waals surface area contributed by atoms with E-state index in [-0.39, 0.29) is 23.9 Å². The molecule has 0 radical (unpaired) electrons. The predicted molar refractivity (Wildman–Crippen MR) is 121 cm³/mol. The Labute approximate surface area is 188 Å². The number of hydrogen-bond acceptors (Lipinski definition) is 5. The summed E-state index contributed by atoms with van der Waals surface area (Å²) in [5, 5.41) is 0. The van der Waals surface area contributed by atoms with Crippen molar-refractivity contribution in [3.05, 3.63) is 93.1 Å². The van der Waals surface area contributed by atoms with Crippen molar-refractivity contribution < 1.29 is 23.8 Å². The molecule has 0 bridgehead atoms. The molecule has 0 N–H and O–H groups in total. The van der Waals surface area contributed by atoms with E-state index in [1.54, 1.807) is 49.6 Å². The Balaban J connectivity index is 1.57. The molecule has 0 fully saturated rings. The van der Waals surface area contributed by atoms with Crippen LogP contribution in [0, 0.1) is 6.92 Å². The van der Waals surface area contributed by atoms with Crippen molar-refractivity contribution in [2.45, 2.75) is 6.92 Å². The van der Waals surface area contributed by atoms with Gasteiger partial charge in [-0.25, -0.2) is 0 Å². The van der Waals surface area contributed by atoms with E-state index < -0.39 is 0 Å². The number of allylic oxidation sites excluding steroid dienone is 1. The molecule has 4 rings (SSSR count). The van der Waals surface area contributed by atoms with Gasteiger partial charge in [0.2, 0.25) is 5.78 Å². The van der Waals surface area contributed by atoms with Gasteiger partial charge < -0.3 is 14.2 Å². The van der Waals surface area contributed by atoms with Crippen LogP contribution in [-0.4, -0.2) is 25.3 Å². The molecule has 0 aliphatic carbocycles. The third-order valence-corrected chi connectivity index (χ3v) is 5.38. The van der Waals surface area contributed by atoms with Gasteiger partial charge in [0.05, 0.1) is 12.7 Å². The minimum Gasteiger partial charge on any atom is -0.496 e. The summed E-state index contributed by atoms with van der Waals surface area (Å²) in [6.07, 6.45) is 1.66. The molecule has 1 aliphatic rings. The van der Waals surface area contributed by atoms with Crippen LogP contribution in [0.1, 0.15) is 31.8 Å². The number of carbonyl (C=O) groups is 2. The van der Waals surface area contributed by atoms with Crippen molar-refractivity contribution in [1.29, 1.82) is 0 Å². The molecule has 6 heteroatoms. The van der Waals surface area contributed by atoms with E-state index in [2.05, 4.69) is 15.9 Å². The Bertz CT molecular complexity index is 1200. The van der Waals surface area contributed by atoms with Crippen LogP contribution in [0.5, 0.6) is 17.2 Å². The van der Waals surface area contributed by atoms with Crippen LogP contribution in [0.25, 0.3) is 6.08 Å². The van der Waals surface area contributed by atoms with Gasteiger partial charge in [0.25, 0.3) is 0 Å². The number of hydrogen-bond donors (Lipinski definition) is 0. The summed E-state index contributed by atoms with van der Waals surface area (Å²) in [4.78, 5) is 25.2. The van der Waals surface area contributed by atoms with Crippen molar-refractivity contribution in [2.24, 2.45) is 0 Å². The number of rotatable bonds is 6. The SMILES string of the molecule is COc1ccc(Br)cc1/C=C1\Oc2cc(OCC(=O)c3ccccc3)cc(C)c2C1=O. The summed E-state index contributed by atoms with van der Waals surface area (Å²) in [5.74, 6) is 1.37. The molecule has 156 valence electrons. The van der Waals surface area contributed by atoms with Gasteiger partial charge in [0.1, 0.15) is 17.2 Å². The zero-order valence-corrected chi connectivity index (χ0v) is 18.6. The van der Waals surface area contributed by atoms with Crippen molar-refractivity contribution in [2.75, 3.05) is 13.7 Å². The molecule has 0 saturated heterocycles. The molecule has 0 atom stereocenters. The topological polar surface area (TPSA) is 61.8 Å². The van der Waals surface area contributed by atoms with Crippen LogP contribution in [0.4, 0.5) is 0 Å². The van der Waals surface area contributed by atoms with Crippen molar-refractivity contribution in [3.63, 3.8) is 0 Å². The van der Waals surface area contributed by atoms with Gasteiger partial charge in [-0.3, -0.25) is 9.59 Å². The molecule has 0 aromatic heterocycles. The second-order valence-corrected chi connectivity index (χ2v) is 7.93. The Kier molecular flexibility index (Phi) is 5.91. The highest BCUT2D eigenvalue weighted by molar-refractivity contribution is 9.10. The maximum absolute atomic E-state index is 12.9. The molecular weight excluding hydrogens is 460 g/mol. The van der Waals surface area contributed by atoms with Crippen LogP contribution < -0.4 is 14.2 Å². The highest BCUT2D eigenvalue weighted by Gasteiger charge is 2.30. The third kappa shape index (κ3) is 4.39. The summed E-state index contributed by atoms with van der Waals surface area (Å²) in [6, 6.07) is 17.8. The van der Waals surface area contributed by atoms with Crippen molar-refractivity contribution in [3.8, 4) is 17.2 Å². The van der Waals surface area contributed by atoms with Gasteiger partial charge in [-0.1, -0.05) is 46.3 Å². The van der Waals surface area contributed by atoms with E-state index in [4.69, 9.17) is 14.2 Å². The number of benzene rings is 3. The van der Waals surface area contributed by atoms with Gasteiger partial charge in [-0.15, -0.1) is 0 Å². The van der Waals surface area contributed by atoms with Crippen LogP contribution in [0.2, 0.25) is 0 Å². The number of methoxy groups -OCH3 is 1. The zero-order chi connectivity index (χ0) is 22.0. The quantitative estimate of drug-likeness (QED) is 0.338. The number of ketones is 2. The second kappa shape index (κ2) is 8.78. The first-order valence-corrected chi connectivity index (χ1v) is 10.4. The molecule has 0 amide bonds. The third-order valence-electron chi connectivity index (χ3n) is 4.89. The summed E-state index contributed by atoms with van der Waals surface area (Å²) >= 11 is 3.43. The zero-order valence-electron chi connectivity index (χ0n) is 17.0. The lowest BCUT2D eigenvalue weighted by molar-refractivity contribution is 0.0920. The minimum atomic E-state index is -0.207. The lowest BCUT2D eigenvalue weighted by Crippen LogP contribution is -2.11. The van der Waals surface area contributed by atoms with Gasteiger partial charge in [-0.2, -0.15) is 0 Å². The molecule has 3 aromatic carbocycles. The summed E-state index contributed by atoms with van der Waals surface area (Å²) in [7, 11) is 1.57. The molecule has 0 spiro atoms. The van der Waals surface area contributed by atoms with Crippen molar-refractivity contribution in [1.82, 2.24) is 0 Å². The van der Waals surface area contributed by atoms with E-state index in [0.717, 1.165) is 10.0 Å². The normalized spacial score (nSPS) is 13.6. The van der Waals surface area contributed by atoms with Crippen LogP contribution in [0.3, 0.4) is 0 Å². The molecule has 0 unspecified atom stereocenters. The standard InChI is InChI=1S/C25H19BrO5/c1-15-10-19(30-14-20(27)16-6-4-3-5-7-16)13-22-24(15)25(28)23(31-22)12-17-11-18(26)8-9-21(17)29-2/h3-13H,14H2,1-2H3/b23-12-. The average molecular weight is 479 g/mol. The first kappa shape index (κ1) is 20.9. The summed E-state index contributed by atoms with van der Waals surface area (Å²) in [5.41, 5.74) is 2.51. The van der Waals surface area contributed by atoms with Gasteiger partial charge in [-0.05, 0) is 42.8 Å². The number of halogens is 1. The lowest BCUT2D eigenvalue weighted by Gasteiger charge is -2.09. The van der Waals surface area contributed by atoms with E-state index in [9.17, 15) is 9.59 Å². The Morgan fingerprint density at radius 2 is 1.87 bits per heavy atom. The first-order valence-electron chi connectivity index (χ1n) is 9.59.